The molecule has 3 heteroatoms. The van der Waals surface area contributed by atoms with Gasteiger partial charge in [0.05, 0.1) is 0 Å². The zero-order valence-corrected chi connectivity index (χ0v) is 6.55. The molecule has 60 valence electrons. The molecule has 0 bridgehead atoms. The molecule has 0 aromatic heterocycles. The summed E-state index contributed by atoms with van der Waals surface area (Å²) in [6, 6.07) is 0. The summed E-state index contributed by atoms with van der Waals surface area (Å²) in [6.45, 7) is 3.56. The summed E-state index contributed by atoms with van der Waals surface area (Å²) in [6.07, 6.45) is 2.41. The fraction of sp³-hybridized carbons (Fsp3) is 0.857. The second kappa shape index (κ2) is 3.56. The van der Waals surface area contributed by atoms with E-state index in [1.807, 2.05) is 6.92 Å². The van der Waals surface area contributed by atoms with Crippen LogP contribution in [0.25, 0.3) is 0 Å². The largest absolute Gasteiger partial charge is 0.480 e. The molecule has 10 heavy (non-hydrogen) atoms. The number of nitrogens with two attached hydrogens (primary N) is 1. The second-order valence-corrected chi connectivity index (χ2v) is 2.83. The standard InChI is InChI=1S/C7H15NO2/c1-3-4-5-7(2,8)6(9)10/h3-5,8H2,1-2H3,(H,9,10). The van der Waals surface area contributed by atoms with Crippen molar-refractivity contribution in [1.29, 1.82) is 0 Å². The Labute approximate surface area is 61.2 Å². The fourth-order valence-electron chi connectivity index (χ4n) is 0.651. The molecule has 0 amide bonds. The van der Waals surface area contributed by atoms with Gasteiger partial charge < -0.3 is 10.8 Å². The van der Waals surface area contributed by atoms with E-state index >= 15 is 0 Å². The van der Waals surface area contributed by atoms with Crippen molar-refractivity contribution in [1.82, 2.24) is 0 Å². The van der Waals surface area contributed by atoms with Crippen LogP contribution in [-0.2, 0) is 4.79 Å². The number of carbonyl (C=O) groups is 1. The normalized spacial score (nSPS) is 16.3. The number of carboxylic acid groups (broad SMARTS) is 1. The maximum atomic E-state index is 10.4. The second-order valence-electron chi connectivity index (χ2n) is 2.83. The van der Waals surface area contributed by atoms with E-state index in [1.54, 1.807) is 6.92 Å². The molecule has 0 aliphatic rings. The van der Waals surface area contributed by atoms with Gasteiger partial charge in [-0.15, -0.1) is 0 Å². The van der Waals surface area contributed by atoms with Crippen LogP contribution in [0.2, 0.25) is 0 Å². The summed E-state index contributed by atoms with van der Waals surface area (Å²) in [7, 11) is 0. The molecule has 0 aromatic carbocycles. The van der Waals surface area contributed by atoms with Crippen LogP contribution in [0, 0.1) is 0 Å². The van der Waals surface area contributed by atoms with Crippen molar-refractivity contribution in [3.05, 3.63) is 0 Å². The summed E-state index contributed by atoms with van der Waals surface area (Å²) in [5, 5.41) is 8.54. The smallest absolute Gasteiger partial charge is 0.323 e. The molecule has 0 saturated heterocycles. The van der Waals surface area contributed by atoms with Gasteiger partial charge in [-0.25, -0.2) is 0 Å². The molecule has 1 atom stereocenters. The Morgan fingerprint density at radius 1 is 1.70 bits per heavy atom. The van der Waals surface area contributed by atoms with Gasteiger partial charge >= 0.3 is 5.97 Å². The Morgan fingerprint density at radius 3 is 2.50 bits per heavy atom. The highest BCUT2D eigenvalue weighted by Crippen LogP contribution is 2.09. The van der Waals surface area contributed by atoms with E-state index in [4.69, 9.17) is 10.8 Å². The molecule has 0 fully saturated rings. The predicted octanol–water partition coefficient (Wildman–Crippen LogP) is 0.979. The maximum absolute atomic E-state index is 10.4. The van der Waals surface area contributed by atoms with Gasteiger partial charge in [-0.1, -0.05) is 19.8 Å². The van der Waals surface area contributed by atoms with Gasteiger partial charge in [-0.2, -0.15) is 0 Å². The van der Waals surface area contributed by atoms with Gasteiger partial charge in [0.15, 0.2) is 0 Å². The number of hydrogen-bond acceptors (Lipinski definition) is 2. The van der Waals surface area contributed by atoms with Crippen molar-refractivity contribution in [3.63, 3.8) is 0 Å². The molecule has 0 spiro atoms. The Kier molecular flexibility index (Phi) is 3.36. The van der Waals surface area contributed by atoms with Crippen molar-refractivity contribution in [2.24, 2.45) is 5.73 Å². The SMILES string of the molecule is CCCCC(C)(N)C(=O)O. The van der Waals surface area contributed by atoms with Crippen LogP contribution in [0.15, 0.2) is 0 Å². The van der Waals surface area contributed by atoms with Crippen LogP contribution in [-0.4, -0.2) is 16.6 Å². The van der Waals surface area contributed by atoms with Crippen molar-refractivity contribution in [2.45, 2.75) is 38.6 Å². The Bertz CT molecular complexity index is 121. The molecule has 0 aromatic rings. The van der Waals surface area contributed by atoms with Crippen LogP contribution in [0.1, 0.15) is 33.1 Å². The van der Waals surface area contributed by atoms with Gasteiger partial charge in [-0.3, -0.25) is 4.79 Å². The van der Waals surface area contributed by atoms with Crippen LogP contribution in [0.5, 0.6) is 0 Å². The summed E-state index contributed by atoms with van der Waals surface area (Å²) >= 11 is 0. The topological polar surface area (TPSA) is 63.3 Å². The first-order valence-corrected chi connectivity index (χ1v) is 3.53. The Balaban J connectivity index is 3.75. The zero-order chi connectivity index (χ0) is 8.20. The molecular weight excluding hydrogens is 130 g/mol. The molecule has 0 heterocycles. The number of rotatable bonds is 4. The van der Waals surface area contributed by atoms with Crippen LogP contribution >= 0.6 is 0 Å². The molecule has 3 nitrogen and oxygen atoms in total. The van der Waals surface area contributed by atoms with E-state index in [1.165, 1.54) is 0 Å². The fourth-order valence-corrected chi connectivity index (χ4v) is 0.651. The van der Waals surface area contributed by atoms with Gasteiger partial charge in [0.1, 0.15) is 5.54 Å². The first kappa shape index (κ1) is 9.43. The van der Waals surface area contributed by atoms with Crippen molar-refractivity contribution < 1.29 is 9.90 Å². The number of unbranched alkanes of at least 4 members (excludes halogenated alkanes) is 1. The minimum atomic E-state index is -1.03. The van der Waals surface area contributed by atoms with Gasteiger partial charge in [0, 0.05) is 0 Å². The van der Waals surface area contributed by atoms with E-state index in [0.29, 0.717) is 6.42 Å². The van der Waals surface area contributed by atoms with Gasteiger partial charge in [0.2, 0.25) is 0 Å². The lowest BCUT2D eigenvalue weighted by atomic mass is 9.97. The zero-order valence-electron chi connectivity index (χ0n) is 6.55. The average Bonchev–Trinajstić information content (AvgIpc) is 1.84. The average molecular weight is 145 g/mol. The first-order valence-electron chi connectivity index (χ1n) is 3.53. The van der Waals surface area contributed by atoms with E-state index in [2.05, 4.69) is 0 Å². The molecule has 0 aliphatic heterocycles. The molecule has 0 aliphatic carbocycles. The maximum Gasteiger partial charge on any atom is 0.323 e. The van der Waals surface area contributed by atoms with Crippen LogP contribution < -0.4 is 5.73 Å². The Morgan fingerprint density at radius 2 is 2.20 bits per heavy atom. The van der Waals surface area contributed by atoms with E-state index < -0.39 is 11.5 Å². The van der Waals surface area contributed by atoms with Crippen molar-refractivity contribution in [3.8, 4) is 0 Å². The first-order chi connectivity index (χ1) is 4.50. The minimum Gasteiger partial charge on any atom is -0.480 e. The highest BCUT2D eigenvalue weighted by Gasteiger charge is 2.26. The molecule has 0 radical (unpaired) electrons. The lowest BCUT2D eigenvalue weighted by Gasteiger charge is -2.17. The van der Waals surface area contributed by atoms with Crippen molar-refractivity contribution in [2.75, 3.05) is 0 Å². The lowest BCUT2D eigenvalue weighted by Crippen LogP contribution is -2.44. The third-order valence-corrected chi connectivity index (χ3v) is 1.54. The summed E-state index contributed by atoms with van der Waals surface area (Å²) in [5.41, 5.74) is 4.41. The summed E-state index contributed by atoms with van der Waals surface area (Å²) in [4.78, 5) is 10.4. The number of carboxylic acids is 1. The van der Waals surface area contributed by atoms with E-state index in [9.17, 15) is 4.79 Å². The molecule has 0 saturated carbocycles. The number of hydrogen-bond donors (Lipinski definition) is 2. The van der Waals surface area contributed by atoms with Crippen LogP contribution in [0.3, 0.4) is 0 Å². The van der Waals surface area contributed by atoms with Crippen LogP contribution in [0.4, 0.5) is 0 Å². The van der Waals surface area contributed by atoms with Crippen molar-refractivity contribution >= 4 is 5.97 Å². The molecule has 0 rings (SSSR count). The monoisotopic (exact) mass is 145 g/mol. The van der Waals surface area contributed by atoms with E-state index in [-0.39, 0.29) is 0 Å². The predicted molar refractivity (Wildman–Crippen MR) is 39.8 cm³/mol. The quantitative estimate of drug-likeness (QED) is 0.619. The third kappa shape index (κ3) is 2.82. The van der Waals surface area contributed by atoms with Gasteiger partial charge in [-0.05, 0) is 13.3 Å². The molecule has 1 unspecified atom stereocenters. The highest BCUT2D eigenvalue weighted by atomic mass is 16.4. The summed E-state index contributed by atoms with van der Waals surface area (Å²) in [5.74, 6) is -0.916. The summed E-state index contributed by atoms with van der Waals surface area (Å²) < 4.78 is 0. The van der Waals surface area contributed by atoms with Gasteiger partial charge in [0.25, 0.3) is 0 Å². The third-order valence-electron chi connectivity index (χ3n) is 1.54. The lowest BCUT2D eigenvalue weighted by molar-refractivity contribution is -0.142. The molecule has 3 N–H and O–H groups in total. The highest BCUT2D eigenvalue weighted by molar-refractivity contribution is 5.77. The number of aliphatic carboxylic acids is 1. The Hall–Kier alpha value is -0.570. The molecular formula is C7H15NO2. The minimum absolute atomic E-state index is 0.554. The van der Waals surface area contributed by atoms with E-state index in [0.717, 1.165) is 12.8 Å².